The SMILES string of the molecule is O/C=C1/CO[C@H](O)[C@H](O)C1. The Morgan fingerprint density at radius 2 is 2.20 bits per heavy atom. The number of rotatable bonds is 0. The number of hydrogen-bond donors (Lipinski definition) is 3. The van der Waals surface area contributed by atoms with E-state index < -0.39 is 12.4 Å². The van der Waals surface area contributed by atoms with Gasteiger partial charge in [0.25, 0.3) is 0 Å². The minimum Gasteiger partial charge on any atom is -0.516 e. The summed E-state index contributed by atoms with van der Waals surface area (Å²) in [7, 11) is 0. The van der Waals surface area contributed by atoms with Crippen molar-refractivity contribution in [2.24, 2.45) is 0 Å². The van der Waals surface area contributed by atoms with E-state index in [0.717, 1.165) is 6.26 Å². The van der Waals surface area contributed by atoms with E-state index in [2.05, 4.69) is 4.74 Å². The van der Waals surface area contributed by atoms with Crippen molar-refractivity contribution in [2.45, 2.75) is 18.8 Å². The first-order chi connectivity index (χ1) is 4.74. The second-order valence-electron chi connectivity index (χ2n) is 2.26. The van der Waals surface area contributed by atoms with E-state index in [4.69, 9.17) is 15.3 Å². The largest absolute Gasteiger partial charge is 0.516 e. The normalized spacial score (nSPS) is 38.4. The molecule has 1 aliphatic heterocycles. The van der Waals surface area contributed by atoms with Crippen molar-refractivity contribution in [1.82, 2.24) is 0 Å². The summed E-state index contributed by atoms with van der Waals surface area (Å²) in [5.74, 6) is 0. The molecule has 1 aliphatic rings. The highest BCUT2D eigenvalue weighted by Gasteiger charge is 2.23. The van der Waals surface area contributed by atoms with Gasteiger partial charge in [-0.2, -0.15) is 0 Å². The van der Waals surface area contributed by atoms with Crippen LogP contribution in [-0.4, -0.2) is 34.3 Å². The standard InChI is InChI=1S/C6H10O4/c7-2-4-1-5(8)6(9)10-3-4/h2,5-9H,1,3H2/b4-2+/t5-,6+/m1/s1. The van der Waals surface area contributed by atoms with E-state index >= 15 is 0 Å². The maximum atomic E-state index is 8.95. The molecule has 1 fully saturated rings. The van der Waals surface area contributed by atoms with Gasteiger partial charge in [-0.3, -0.25) is 0 Å². The molecule has 0 aromatic carbocycles. The van der Waals surface area contributed by atoms with Crippen molar-refractivity contribution in [1.29, 1.82) is 0 Å². The lowest BCUT2D eigenvalue weighted by molar-refractivity contribution is -0.171. The molecule has 1 saturated heterocycles. The number of aliphatic hydroxyl groups is 3. The fraction of sp³-hybridized carbons (Fsp3) is 0.667. The lowest BCUT2D eigenvalue weighted by atomic mass is 10.1. The van der Waals surface area contributed by atoms with Crippen molar-refractivity contribution in [3.63, 3.8) is 0 Å². The quantitative estimate of drug-likeness (QED) is 0.404. The summed E-state index contributed by atoms with van der Waals surface area (Å²) in [6.07, 6.45) is -0.844. The summed E-state index contributed by atoms with van der Waals surface area (Å²) in [6, 6.07) is 0. The summed E-state index contributed by atoms with van der Waals surface area (Å²) < 4.78 is 4.67. The van der Waals surface area contributed by atoms with Crippen molar-refractivity contribution in [3.05, 3.63) is 11.8 Å². The summed E-state index contributed by atoms with van der Waals surface area (Å²) in [5.41, 5.74) is 0.595. The average Bonchev–Trinajstić information content (AvgIpc) is 1.95. The zero-order chi connectivity index (χ0) is 7.56. The van der Waals surface area contributed by atoms with Crippen molar-refractivity contribution < 1.29 is 20.1 Å². The molecule has 2 atom stereocenters. The summed E-state index contributed by atoms with van der Waals surface area (Å²) >= 11 is 0. The van der Waals surface area contributed by atoms with Gasteiger partial charge in [-0.25, -0.2) is 0 Å². The third-order valence-corrected chi connectivity index (χ3v) is 1.42. The molecule has 0 radical (unpaired) electrons. The van der Waals surface area contributed by atoms with E-state index in [0.29, 0.717) is 5.57 Å². The lowest BCUT2D eigenvalue weighted by Crippen LogP contribution is -2.34. The predicted molar refractivity (Wildman–Crippen MR) is 33.3 cm³/mol. The highest BCUT2D eigenvalue weighted by molar-refractivity contribution is 5.02. The van der Waals surface area contributed by atoms with Gasteiger partial charge in [0.05, 0.1) is 12.9 Å². The molecule has 0 aliphatic carbocycles. The van der Waals surface area contributed by atoms with Gasteiger partial charge in [0.2, 0.25) is 0 Å². The predicted octanol–water partition coefficient (Wildman–Crippen LogP) is -0.472. The molecular weight excluding hydrogens is 136 g/mol. The molecule has 1 heterocycles. The molecule has 1 rings (SSSR count). The second kappa shape index (κ2) is 3.01. The Bertz CT molecular complexity index is 143. The van der Waals surface area contributed by atoms with Crippen LogP contribution in [0.25, 0.3) is 0 Å². The molecule has 0 unspecified atom stereocenters. The van der Waals surface area contributed by atoms with Gasteiger partial charge >= 0.3 is 0 Å². The van der Waals surface area contributed by atoms with Gasteiger partial charge in [-0.1, -0.05) is 0 Å². The summed E-state index contributed by atoms with van der Waals surface area (Å²) in [4.78, 5) is 0. The van der Waals surface area contributed by atoms with Crippen LogP contribution in [0.15, 0.2) is 11.8 Å². The van der Waals surface area contributed by atoms with Gasteiger partial charge in [0, 0.05) is 6.42 Å². The van der Waals surface area contributed by atoms with Crippen LogP contribution in [0.1, 0.15) is 6.42 Å². The zero-order valence-corrected chi connectivity index (χ0v) is 5.40. The molecule has 0 spiro atoms. The fourth-order valence-corrected chi connectivity index (χ4v) is 0.822. The van der Waals surface area contributed by atoms with E-state index in [1.807, 2.05) is 0 Å². The van der Waals surface area contributed by atoms with Crippen LogP contribution in [0.2, 0.25) is 0 Å². The molecule has 0 amide bonds. The molecule has 10 heavy (non-hydrogen) atoms. The van der Waals surface area contributed by atoms with Crippen LogP contribution in [0.4, 0.5) is 0 Å². The smallest absolute Gasteiger partial charge is 0.181 e. The van der Waals surface area contributed by atoms with Crippen LogP contribution in [0.5, 0.6) is 0 Å². The molecule has 0 bridgehead atoms. The Balaban J connectivity index is 2.48. The molecule has 3 N–H and O–H groups in total. The lowest BCUT2D eigenvalue weighted by Gasteiger charge is -2.24. The Kier molecular flexibility index (Phi) is 2.26. The Hall–Kier alpha value is -0.580. The number of hydrogen-bond acceptors (Lipinski definition) is 4. The Morgan fingerprint density at radius 1 is 1.50 bits per heavy atom. The maximum absolute atomic E-state index is 8.95. The third-order valence-electron chi connectivity index (χ3n) is 1.42. The van der Waals surface area contributed by atoms with Crippen LogP contribution < -0.4 is 0 Å². The van der Waals surface area contributed by atoms with Gasteiger partial charge < -0.3 is 20.1 Å². The van der Waals surface area contributed by atoms with Crippen molar-refractivity contribution >= 4 is 0 Å². The first-order valence-corrected chi connectivity index (χ1v) is 3.04. The molecule has 0 aromatic heterocycles. The van der Waals surface area contributed by atoms with E-state index in [1.165, 1.54) is 0 Å². The second-order valence-corrected chi connectivity index (χ2v) is 2.26. The Morgan fingerprint density at radius 3 is 2.70 bits per heavy atom. The van der Waals surface area contributed by atoms with E-state index in [9.17, 15) is 0 Å². The number of aliphatic hydroxyl groups excluding tert-OH is 3. The van der Waals surface area contributed by atoms with Crippen molar-refractivity contribution in [2.75, 3.05) is 6.61 Å². The topological polar surface area (TPSA) is 69.9 Å². The molecule has 0 saturated carbocycles. The molecule has 4 heteroatoms. The van der Waals surface area contributed by atoms with Crippen LogP contribution >= 0.6 is 0 Å². The maximum Gasteiger partial charge on any atom is 0.181 e. The van der Waals surface area contributed by atoms with Crippen LogP contribution in [-0.2, 0) is 4.74 Å². The van der Waals surface area contributed by atoms with Gasteiger partial charge in [-0.05, 0) is 5.57 Å². The van der Waals surface area contributed by atoms with Gasteiger partial charge in [-0.15, -0.1) is 0 Å². The highest BCUT2D eigenvalue weighted by atomic mass is 16.6. The first kappa shape index (κ1) is 7.53. The highest BCUT2D eigenvalue weighted by Crippen LogP contribution is 2.16. The average molecular weight is 146 g/mol. The van der Waals surface area contributed by atoms with Crippen LogP contribution in [0, 0.1) is 0 Å². The molecule has 0 aromatic rings. The van der Waals surface area contributed by atoms with Crippen molar-refractivity contribution in [3.8, 4) is 0 Å². The van der Waals surface area contributed by atoms with Crippen LogP contribution in [0.3, 0.4) is 0 Å². The van der Waals surface area contributed by atoms with E-state index in [-0.39, 0.29) is 13.0 Å². The number of ether oxygens (including phenoxy) is 1. The fourth-order valence-electron chi connectivity index (χ4n) is 0.822. The first-order valence-electron chi connectivity index (χ1n) is 3.04. The summed E-state index contributed by atoms with van der Waals surface area (Å²) in [5, 5.41) is 26.2. The Labute approximate surface area is 58.4 Å². The minimum absolute atomic E-state index is 0.189. The van der Waals surface area contributed by atoms with E-state index in [1.54, 1.807) is 0 Å². The van der Waals surface area contributed by atoms with Gasteiger partial charge in [0.1, 0.15) is 6.10 Å². The third kappa shape index (κ3) is 1.47. The van der Waals surface area contributed by atoms with Gasteiger partial charge in [0.15, 0.2) is 6.29 Å². The monoisotopic (exact) mass is 146 g/mol. The zero-order valence-electron chi connectivity index (χ0n) is 5.40. The summed E-state index contributed by atoms with van der Waals surface area (Å²) in [6.45, 7) is 0.189. The minimum atomic E-state index is -1.11. The molecule has 58 valence electrons. The molecule has 4 nitrogen and oxygen atoms in total. The molecular formula is C6H10O4.